The second kappa shape index (κ2) is 6.63. The molecule has 5 heteroatoms. The van der Waals surface area contributed by atoms with Gasteiger partial charge >= 0.3 is 6.18 Å². The van der Waals surface area contributed by atoms with E-state index in [1.54, 1.807) is 13.2 Å². The third kappa shape index (κ3) is 4.49. The maximum absolute atomic E-state index is 12.6. The van der Waals surface area contributed by atoms with E-state index in [9.17, 15) is 13.2 Å². The molecule has 0 fully saturated rings. The Morgan fingerprint density at radius 3 is 2.43 bits per heavy atom. The van der Waals surface area contributed by atoms with Gasteiger partial charge in [-0.15, -0.1) is 0 Å². The first-order valence-electron chi connectivity index (χ1n) is 6.47. The van der Waals surface area contributed by atoms with Gasteiger partial charge < -0.3 is 10.1 Å². The van der Waals surface area contributed by atoms with Gasteiger partial charge in [0.05, 0.1) is 12.2 Å². The zero-order valence-corrected chi connectivity index (χ0v) is 11.6. The van der Waals surface area contributed by atoms with Crippen LogP contribution in [-0.4, -0.2) is 7.11 Å². The van der Waals surface area contributed by atoms with Crippen molar-refractivity contribution in [3.8, 4) is 0 Å². The van der Waals surface area contributed by atoms with Gasteiger partial charge in [-0.2, -0.15) is 13.2 Å². The summed E-state index contributed by atoms with van der Waals surface area (Å²) in [6, 6.07) is 12.9. The number of hydrogen-bond acceptors (Lipinski definition) is 2. The van der Waals surface area contributed by atoms with E-state index in [0.717, 1.165) is 23.4 Å². The molecule has 21 heavy (non-hydrogen) atoms. The Bertz CT molecular complexity index is 596. The van der Waals surface area contributed by atoms with Crippen LogP contribution in [0, 0.1) is 0 Å². The topological polar surface area (TPSA) is 21.3 Å². The van der Waals surface area contributed by atoms with Crippen molar-refractivity contribution in [3.63, 3.8) is 0 Å². The van der Waals surface area contributed by atoms with Gasteiger partial charge in [-0.25, -0.2) is 0 Å². The van der Waals surface area contributed by atoms with Crippen LogP contribution in [0.1, 0.15) is 16.7 Å². The number of nitrogens with one attached hydrogen (secondary N) is 1. The van der Waals surface area contributed by atoms with Crippen molar-refractivity contribution in [2.24, 2.45) is 0 Å². The average molecular weight is 295 g/mol. The first-order chi connectivity index (χ1) is 9.99. The fourth-order valence-corrected chi connectivity index (χ4v) is 2.00. The van der Waals surface area contributed by atoms with Crippen LogP contribution in [0.15, 0.2) is 48.5 Å². The summed E-state index contributed by atoms with van der Waals surface area (Å²) in [5, 5.41) is 3.12. The van der Waals surface area contributed by atoms with E-state index in [2.05, 4.69) is 5.32 Å². The van der Waals surface area contributed by atoms with Gasteiger partial charge in [-0.3, -0.25) is 0 Å². The molecule has 0 saturated heterocycles. The van der Waals surface area contributed by atoms with Crippen molar-refractivity contribution in [3.05, 3.63) is 65.2 Å². The number of hydrogen-bond donors (Lipinski definition) is 1. The number of anilines is 1. The summed E-state index contributed by atoms with van der Waals surface area (Å²) >= 11 is 0. The van der Waals surface area contributed by atoms with Crippen molar-refractivity contribution in [1.29, 1.82) is 0 Å². The lowest BCUT2D eigenvalue weighted by molar-refractivity contribution is -0.137. The van der Waals surface area contributed by atoms with Crippen LogP contribution in [0.2, 0.25) is 0 Å². The summed E-state index contributed by atoms with van der Waals surface area (Å²) in [5.74, 6) is 0. The van der Waals surface area contributed by atoms with Gasteiger partial charge in [-0.1, -0.05) is 24.3 Å². The maximum Gasteiger partial charge on any atom is 0.416 e. The predicted octanol–water partition coefficient (Wildman–Crippen LogP) is 4.46. The molecule has 112 valence electrons. The van der Waals surface area contributed by atoms with E-state index in [0.29, 0.717) is 18.7 Å². The zero-order valence-electron chi connectivity index (χ0n) is 11.6. The highest BCUT2D eigenvalue weighted by Crippen LogP contribution is 2.29. The Hall–Kier alpha value is -2.01. The lowest BCUT2D eigenvalue weighted by atomic mass is 10.1. The normalized spacial score (nSPS) is 11.4. The van der Waals surface area contributed by atoms with Crippen molar-refractivity contribution in [2.75, 3.05) is 12.4 Å². The minimum absolute atomic E-state index is 0.334. The zero-order chi connectivity index (χ0) is 15.3. The Morgan fingerprint density at radius 1 is 1.00 bits per heavy atom. The average Bonchev–Trinajstić information content (AvgIpc) is 2.45. The highest BCUT2D eigenvalue weighted by atomic mass is 19.4. The molecular formula is C16H16F3NO. The van der Waals surface area contributed by atoms with E-state index in [1.165, 1.54) is 6.07 Å². The molecule has 1 N–H and O–H groups in total. The monoisotopic (exact) mass is 295 g/mol. The fourth-order valence-electron chi connectivity index (χ4n) is 2.00. The molecule has 0 atom stereocenters. The second-order valence-corrected chi connectivity index (χ2v) is 4.69. The molecule has 0 aliphatic carbocycles. The molecule has 0 bridgehead atoms. The van der Waals surface area contributed by atoms with Crippen molar-refractivity contribution in [1.82, 2.24) is 0 Å². The number of ether oxygens (including phenoxy) is 1. The van der Waals surface area contributed by atoms with Crippen LogP contribution >= 0.6 is 0 Å². The third-order valence-corrected chi connectivity index (χ3v) is 2.99. The largest absolute Gasteiger partial charge is 0.416 e. The lowest BCUT2D eigenvalue weighted by Crippen LogP contribution is -2.07. The highest BCUT2D eigenvalue weighted by Gasteiger charge is 2.30. The van der Waals surface area contributed by atoms with Crippen molar-refractivity contribution < 1.29 is 17.9 Å². The maximum atomic E-state index is 12.6. The quantitative estimate of drug-likeness (QED) is 0.879. The summed E-state index contributed by atoms with van der Waals surface area (Å²) < 4.78 is 42.9. The van der Waals surface area contributed by atoms with E-state index in [1.807, 2.05) is 24.3 Å². The molecule has 0 aromatic heterocycles. The summed E-state index contributed by atoms with van der Waals surface area (Å²) in [5.41, 5.74) is 1.81. The molecule has 0 aliphatic rings. The van der Waals surface area contributed by atoms with Crippen LogP contribution in [0.4, 0.5) is 18.9 Å². The molecule has 0 spiro atoms. The summed E-state index contributed by atoms with van der Waals surface area (Å²) in [6.07, 6.45) is -4.31. The summed E-state index contributed by atoms with van der Waals surface area (Å²) in [4.78, 5) is 0. The minimum Gasteiger partial charge on any atom is -0.381 e. The molecule has 0 unspecified atom stereocenters. The molecule has 0 saturated carbocycles. The Balaban J connectivity index is 2.04. The van der Waals surface area contributed by atoms with Gasteiger partial charge in [0.15, 0.2) is 0 Å². The first-order valence-corrected chi connectivity index (χ1v) is 6.47. The van der Waals surface area contributed by atoms with Gasteiger partial charge in [0.2, 0.25) is 0 Å². The first kappa shape index (κ1) is 15.4. The van der Waals surface area contributed by atoms with Crippen molar-refractivity contribution >= 4 is 5.69 Å². The highest BCUT2D eigenvalue weighted by molar-refractivity contribution is 5.46. The van der Waals surface area contributed by atoms with Gasteiger partial charge in [0.1, 0.15) is 0 Å². The van der Waals surface area contributed by atoms with Gasteiger partial charge in [-0.05, 0) is 35.4 Å². The molecule has 2 rings (SSSR count). The SMILES string of the molecule is COCc1cccc(NCc2cccc(C(F)(F)F)c2)c1. The Kier molecular flexibility index (Phi) is 4.85. The minimum atomic E-state index is -4.31. The van der Waals surface area contributed by atoms with Gasteiger partial charge in [0, 0.05) is 19.3 Å². The van der Waals surface area contributed by atoms with E-state index < -0.39 is 11.7 Å². The lowest BCUT2D eigenvalue weighted by Gasteiger charge is -2.11. The Labute approximate surface area is 121 Å². The molecule has 2 aromatic rings. The molecule has 0 amide bonds. The number of halogens is 3. The second-order valence-electron chi connectivity index (χ2n) is 4.69. The third-order valence-electron chi connectivity index (χ3n) is 2.99. The number of rotatable bonds is 5. The summed E-state index contributed by atoms with van der Waals surface area (Å²) in [6.45, 7) is 0.833. The van der Waals surface area contributed by atoms with E-state index >= 15 is 0 Å². The van der Waals surface area contributed by atoms with E-state index in [-0.39, 0.29) is 0 Å². The smallest absolute Gasteiger partial charge is 0.381 e. The Morgan fingerprint density at radius 2 is 1.71 bits per heavy atom. The molecule has 0 aliphatic heterocycles. The fraction of sp³-hybridized carbons (Fsp3) is 0.250. The summed E-state index contributed by atoms with van der Waals surface area (Å²) in [7, 11) is 1.61. The van der Waals surface area contributed by atoms with Crippen LogP contribution in [0.25, 0.3) is 0 Å². The molecular weight excluding hydrogens is 279 g/mol. The molecule has 0 heterocycles. The predicted molar refractivity (Wildman–Crippen MR) is 75.9 cm³/mol. The van der Waals surface area contributed by atoms with Crippen LogP contribution in [-0.2, 0) is 24.1 Å². The molecule has 2 aromatic carbocycles. The van der Waals surface area contributed by atoms with Crippen LogP contribution < -0.4 is 5.32 Å². The number of benzene rings is 2. The molecule has 2 nitrogen and oxygen atoms in total. The number of alkyl halides is 3. The van der Waals surface area contributed by atoms with E-state index in [4.69, 9.17) is 4.74 Å². The van der Waals surface area contributed by atoms with Crippen LogP contribution in [0.5, 0.6) is 0 Å². The standard InChI is InChI=1S/C16H16F3NO/c1-21-11-13-5-3-7-15(9-13)20-10-12-4-2-6-14(8-12)16(17,18)19/h2-9,20H,10-11H2,1H3. The van der Waals surface area contributed by atoms with Crippen molar-refractivity contribution in [2.45, 2.75) is 19.3 Å². The van der Waals surface area contributed by atoms with Gasteiger partial charge in [0.25, 0.3) is 0 Å². The molecule has 0 radical (unpaired) electrons. The number of methoxy groups -OCH3 is 1. The van der Waals surface area contributed by atoms with Crippen LogP contribution in [0.3, 0.4) is 0 Å².